The topological polar surface area (TPSA) is 30.3 Å². The van der Waals surface area contributed by atoms with Crippen LogP contribution in [-0.2, 0) is 11.8 Å². The van der Waals surface area contributed by atoms with Crippen LogP contribution in [0.1, 0.15) is 18.4 Å². The lowest BCUT2D eigenvalue weighted by Crippen LogP contribution is -2.42. The van der Waals surface area contributed by atoms with Gasteiger partial charge in [0.25, 0.3) is 0 Å². The van der Waals surface area contributed by atoms with Gasteiger partial charge in [-0.3, -0.25) is 9.58 Å². The maximum Gasteiger partial charge on any atom is 0.124 e. The molecule has 19 heavy (non-hydrogen) atoms. The molecule has 1 saturated heterocycles. The fraction of sp³-hybridized carbons (Fsp3) is 0.533. The van der Waals surface area contributed by atoms with Crippen LogP contribution in [0, 0.1) is 5.92 Å². The second kappa shape index (κ2) is 4.85. The van der Waals surface area contributed by atoms with E-state index in [0.717, 1.165) is 11.3 Å². The van der Waals surface area contributed by atoms with Crippen molar-refractivity contribution in [3.8, 4) is 0 Å². The lowest BCUT2D eigenvalue weighted by atomic mass is 9.82. The molecule has 2 heterocycles. The molecule has 1 fully saturated rings. The first kappa shape index (κ1) is 12.5. The van der Waals surface area contributed by atoms with E-state index in [2.05, 4.69) is 29.2 Å². The van der Waals surface area contributed by atoms with E-state index in [1.54, 1.807) is 7.11 Å². The van der Waals surface area contributed by atoms with Gasteiger partial charge in [-0.1, -0.05) is 6.08 Å². The molecule has 1 aromatic heterocycles. The molecule has 0 aromatic carbocycles. The van der Waals surface area contributed by atoms with E-state index in [-0.39, 0.29) is 0 Å². The molecule has 2 aliphatic rings. The molecule has 0 radical (unpaired) electrons. The highest BCUT2D eigenvalue weighted by Gasteiger charge is 2.31. The van der Waals surface area contributed by atoms with Crippen molar-refractivity contribution in [2.45, 2.75) is 18.9 Å². The fourth-order valence-corrected chi connectivity index (χ4v) is 3.17. The number of likely N-dealkylation sites (N-methyl/N-ethyl adjacent to an activating group) is 1. The Labute approximate surface area is 114 Å². The molecule has 2 unspecified atom stereocenters. The van der Waals surface area contributed by atoms with Gasteiger partial charge >= 0.3 is 0 Å². The van der Waals surface area contributed by atoms with Crippen LogP contribution in [0.4, 0.5) is 0 Å². The summed E-state index contributed by atoms with van der Waals surface area (Å²) in [7, 11) is 5.89. The number of rotatable bonds is 2. The molecule has 0 amide bonds. The van der Waals surface area contributed by atoms with E-state index in [4.69, 9.17) is 4.74 Å². The summed E-state index contributed by atoms with van der Waals surface area (Å²) in [6.07, 6.45) is 11.1. The molecule has 0 N–H and O–H groups in total. The second-order valence-corrected chi connectivity index (χ2v) is 5.50. The van der Waals surface area contributed by atoms with Gasteiger partial charge in [0, 0.05) is 30.4 Å². The van der Waals surface area contributed by atoms with Crippen molar-refractivity contribution in [3.63, 3.8) is 0 Å². The Kier molecular flexibility index (Phi) is 3.19. The summed E-state index contributed by atoms with van der Waals surface area (Å²) in [5.74, 6) is 1.57. The maximum absolute atomic E-state index is 5.59. The van der Waals surface area contributed by atoms with Gasteiger partial charge in [0.2, 0.25) is 0 Å². The van der Waals surface area contributed by atoms with Crippen molar-refractivity contribution in [2.24, 2.45) is 13.0 Å². The third-order valence-corrected chi connectivity index (χ3v) is 4.20. The Morgan fingerprint density at radius 3 is 2.84 bits per heavy atom. The molecule has 3 rings (SSSR count). The van der Waals surface area contributed by atoms with Crippen molar-refractivity contribution < 1.29 is 4.74 Å². The molecule has 2 atom stereocenters. The zero-order chi connectivity index (χ0) is 13.4. The SMILES string of the molecule is COC1=CC2C(C=C1c1cnn(C)c1)CCCN2C. The van der Waals surface area contributed by atoms with Crippen LogP contribution in [0.5, 0.6) is 0 Å². The zero-order valence-corrected chi connectivity index (χ0v) is 11.8. The molecule has 1 aliphatic carbocycles. The third-order valence-electron chi connectivity index (χ3n) is 4.20. The predicted molar refractivity (Wildman–Crippen MR) is 75.4 cm³/mol. The van der Waals surface area contributed by atoms with E-state index in [1.807, 2.05) is 24.1 Å². The highest BCUT2D eigenvalue weighted by atomic mass is 16.5. The van der Waals surface area contributed by atoms with E-state index in [9.17, 15) is 0 Å². The number of hydrogen-bond acceptors (Lipinski definition) is 3. The molecule has 0 saturated carbocycles. The van der Waals surface area contributed by atoms with Gasteiger partial charge in [-0.15, -0.1) is 0 Å². The zero-order valence-electron chi connectivity index (χ0n) is 11.8. The number of aromatic nitrogens is 2. The average Bonchev–Trinajstić information content (AvgIpc) is 2.84. The number of nitrogens with zero attached hydrogens (tertiary/aromatic N) is 3. The summed E-state index contributed by atoms with van der Waals surface area (Å²) in [6, 6.07) is 0.476. The molecule has 4 heteroatoms. The molecular formula is C15H21N3O. The Bertz CT molecular complexity index is 529. The number of piperidine rings is 1. The number of fused-ring (bicyclic) bond motifs is 1. The van der Waals surface area contributed by atoms with Crippen LogP contribution in [0.3, 0.4) is 0 Å². The molecule has 1 aromatic rings. The van der Waals surface area contributed by atoms with Gasteiger partial charge in [-0.25, -0.2) is 0 Å². The monoisotopic (exact) mass is 259 g/mol. The molecule has 0 bridgehead atoms. The van der Waals surface area contributed by atoms with E-state index >= 15 is 0 Å². The minimum absolute atomic E-state index is 0.476. The number of hydrogen-bond donors (Lipinski definition) is 0. The van der Waals surface area contributed by atoms with Crippen LogP contribution < -0.4 is 0 Å². The number of methoxy groups -OCH3 is 1. The van der Waals surface area contributed by atoms with Gasteiger partial charge in [0.1, 0.15) is 5.76 Å². The van der Waals surface area contributed by atoms with Crippen LogP contribution in [-0.4, -0.2) is 41.4 Å². The summed E-state index contributed by atoms with van der Waals surface area (Å²) in [4.78, 5) is 2.42. The molecule has 1 aliphatic heterocycles. The highest BCUT2D eigenvalue weighted by Crippen LogP contribution is 2.36. The van der Waals surface area contributed by atoms with Crippen molar-refractivity contribution in [1.82, 2.24) is 14.7 Å². The summed E-state index contributed by atoms with van der Waals surface area (Å²) in [6.45, 7) is 1.17. The van der Waals surface area contributed by atoms with Crippen molar-refractivity contribution in [2.75, 3.05) is 20.7 Å². The summed E-state index contributed by atoms with van der Waals surface area (Å²) < 4.78 is 7.43. The molecular weight excluding hydrogens is 238 g/mol. The van der Waals surface area contributed by atoms with Crippen molar-refractivity contribution in [1.29, 1.82) is 0 Å². The van der Waals surface area contributed by atoms with Crippen LogP contribution in [0.2, 0.25) is 0 Å². The number of ether oxygens (including phenoxy) is 1. The normalized spacial score (nSPS) is 27.5. The number of allylic oxidation sites excluding steroid dienone is 1. The Morgan fingerprint density at radius 1 is 1.32 bits per heavy atom. The molecule has 102 valence electrons. The van der Waals surface area contributed by atoms with E-state index < -0.39 is 0 Å². The minimum Gasteiger partial charge on any atom is -0.496 e. The smallest absolute Gasteiger partial charge is 0.124 e. The molecule has 0 spiro atoms. The standard InChI is InChI=1S/C15H21N3O/c1-17-6-4-5-11-7-13(12-9-16-18(2)10-12)15(19-3)8-14(11)17/h7-11,14H,4-6H2,1-3H3. The van der Waals surface area contributed by atoms with Crippen LogP contribution >= 0.6 is 0 Å². The lowest BCUT2D eigenvalue weighted by molar-refractivity contribution is 0.172. The van der Waals surface area contributed by atoms with E-state index in [0.29, 0.717) is 12.0 Å². The Morgan fingerprint density at radius 2 is 2.16 bits per heavy atom. The number of aryl methyl sites for hydroxylation is 1. The van der Waals surface area contributed by atoms with Gasteiger partial charge in [-0.05, 0) is 38.4 Å². The lowest BCUT2D eigenvalue weighted by Gasteiger charge is -2.39. The number of likely N-dealkylation sites (tertiary alicyclic amines) is 1. The first-order chi connectivity index (χ1) is 9.19. The summed E-state index contributed by atoms with van der Waals surface area (Å²) >= 11 is 0. The Hall–Kier alpha value is -1.55. The summed E-state index contributed by atoms with van der Waals surface area (Å²) in [5.41, 5.74) is 2.33. The van der Waals surface area contributed by atoms with Crippen molar-refractivity contribution in [3.05, 3.63) is 35.9 Å². The average molecular weight is 259 g/mol. The second-order valence-electron chi connectivity index (χ2n) is 5.50. The Balaban J connectivity index is 1.97. The van der Waals surface area contributed by atoms with Gasteiger partial charge in [0.05, 0.1) is 13.3 Å². The highest BCUT2D eigenvalue weighted by molar-refractivity contribution is 5.78. The van der Waals surface area contributed by atoms with E-state index in [1.165, 1.54) is 25.0 Å². The van der Waals surface area contributed by atoms with Gasteiger partial charge in [-0.2, -0.15) is 5.10 Å². The van der Waals surface area contributed by atoms with Crippen LogP contribution in [0.25, 0.3) is 5.57 Å². The summed E-state index contributed by atoms with van der Waals surface area (Å²) in [5, 5.41) is 4.26. The quantitative estimate of drug-likeness (QED) is 0.814. The predicted octanol–water partition coefficient (Wildman–Crippen LogP) is 2.06. The largest absolute Gasteiger partial charge is 0.496 e. The van der Waals surface area contributed by atoms with Gasteiger partial charge < -0.3 is 4.74 Å². The first-order valence-corrected chi connectivity index (χ1v) is 6.86. The third kappa shape index (κ3) is 2.21. The minimum atomic E-state index is 0.476. The van der Waals surface area contributed by atoms with Crippen LogP contribution in [0.15, 0.2) is 30.3 Å². The van der Waals surface area contributed by atoms with Crippen molar-refractivity contribution >= 4 is 5.57 Å². The maximum atomic E-state index is 5.59. The molecule has 4 nitrogen and oxygen atoms in total. The van der Waals surface area contributed by atoms with Gasteiger partial charge in [0.15, 0.2) is 0 Å². The first-order valence-electron chi connectivity index (χ1n) is 6.86. The fourth-order valence-electron chi connectivity index (χ4n) is 3.17.